The second-order valence-corrected chi connectivity index (χ2v) is 8.66. The molecule has 1 aliphatic heterocycles. The van der Waals surface area contributed by atoms with E-state index in [1.54, 1.807) is 39.3 Å². The number of rotatable bonds is 7. The molecule has 0 saturated heterocycles. The van der Waals surface area contributed by atoms with Crippen molar-refractivity contribution < 1.29 is 19.0 Å². The smallest absolute Gasteiger partial charge is 0.338 e. The highest BCUT2D eigenvalue weighted by Gasteiger charge is 2.32. The number of hydrogen-bond acceptors (Lipinski definition) is 7. The summed E-state index contributed by atoms with van der Waals surface area (Å²) in [5, 5.41) is 5.06. The highest BCUT2D eigenvalue weighted by molar-refractivity contribution is 8.13. The van der Waals surface area contributed by atoms with E-state index in [0.29, 0.717) is 43.7 Å². The average molecular weight is 495 g/mol. The molecule has 9 heteroatoms. The minimum atomic E-state index is -0.598. The monoisotopic (exact) mass is 494 g/mol. The minimum absolute atomic E-state index is 0.266. The van der Waals surface area contributed by atoms with Crippen molar-refractivity contribution in [2.45, 2.75) is 25.6 Å². The van der Waals surface area contributed by atoms with Gasteiger partial charge in [-0.25, -0.2) is 9.79 Å². The lowest BCUT2D eigenvalue weighted by Crippen LogP contribution is -2.30. The molecule has 2 aromatic rings. The predicted octanol–water partition coefficient (Wildman–Crippen LogP) is 5.78. The van der Waals surface area contributed by atoms with Gasteiger partial charge in [-0.15, -0.1) is 0 Å². The molecule has 0 fully saturated rings. The zero-order valence-corrected chi connectivity index (χ0v) is 20.5. The van der Waals surface area contributed by atoms with Crippen molar-refractivity contribution in [1.29, 1.82) is 0 Å². The molecule has 32 heavy (non-hydrogen) atoms. The largest absolute Gasteiger partial charge is 0.497 e. The summed E-state index contributed by atoms with van der Waals surface area (Å²) in [6.07, 6.45) is 0. The van der Waals surface area contributed by atoms with Gasteiger partial charge in [-0.05, 0) is 43.7 Å². The summed E-state index contributed by atoms with van der Waals surface area (Å²) in [7, 11) is 3.16. The molecule has 0 bridgehead atoms. The van der Waals surface area contributed by atoms with Gasteiger partial charge in [-0.1, -0.05) is 41.0 Å². The van der Waals surface area contributed by atoms with Gasteiger partial charge in [0.15, 0.2) is 5.17 Å². The Morgan fingerprint density at radius 1 is 1.16 bits per heavy atom. The first-order valence-electron chi connectivity index (χ1n) is 9.89. The van der Waals surface area contributed by atoms with Crippen LogP contribution in [0.1, 0.15) is 31.0 Å². The fraction of sp³-hybridized carbons (Fsp3) is 0.304. The molecule has 1 heterocycles. The van der Waals surface area contributed by atoms with E-state index in [9.17, 15) is 4.79 Å². The van der Waals surface area contributed by atoms with Gasteiger partial charge in [0, 0.05) is 33.1 Å². The Balaban J connectivity index is 1.97. The predicted molar refractivity (Wildman–Crippen MR) is 130 cm³/mol. The van der Waals surface area contributed by atoms with Gasteiger partial charge in [-0.3, -0.25) is 0 Å². The molecule has 0 amide bonds. The van der Waals surface area contributed by atoms with Crippen LogP contribution in [0.4, 0.5) is 0 Å². The van der Waals surface area contributed by atoms with Crippen molar-refractivity contribution >= 4 is 46.1 Å². The Morgan fingerprint density at radius 2 is 1.94 bits per heavy atom. The zero-order valence-electron chi connectivity index (χ0n) is 18.2. The van der Waals surface area contributed by atoms with Crippen LogP contribution in [-0.4, -0.2) is 32.0 Å². The van der Waals surface area contributed by atoms with Crippen LogP contribution in [0.2, 0.25) is 10.0 Å². The van der Waals surface area contributed by atoms with Gasteiger partial charge >= 0.3 is 5.97 Å². The summed E-state index contributed by atoms with van der Waals surface area (Å²) in [6.45, 7) is 3.87. The number of nitrogens with one attached hydrogen (secondary N) is 1. The number of allylic oxidation sites excluding steroid dienone is 1. The lowest BCUT2D eigenvalue weighted by Gasteiger charge is -2.27. The molecule has 0 aromatic heterocycles. The number of carbonyl (C=O) groups is 1. The first-order valence-corrected chi connectivity index (χ1v) is 11.6. The fourth-order valence-corrected chi connectivity index (χ4v) is 4.75. The lowest BCUT2D eigenvalue weighted by molar-refractivity contribution is -0.138. The van der Waals surface area contributed by atoms with Crippen molar-refractivity contribution in [2.24, 2.45) is 4.99 Å². The molecule has 0 spiro atoms. The molecule has 6 nitrogen and oxygen atoms in total. The number of carbonyl (C=O) groups excluding carboxylic acids is 1. The van der Waals surface area contributed by atoms with E-state index in [4.69, 9.17) is 42.4 Å². The van der Waals surface area contributed by atoms with E-state index < -0.39 is 12.0 Å². The van der Waals surface area contributed by atoms with Crippen LogP contribution in [0.15, 0.2) is 52.7 Å². The molecule has 0 radical (unpaired) electrons. The zero-order chi connectivity index (χ0) is 23.3. The van der Waals surface area contributed by atoms with E-state index in [2.05, 4.69) is 5.32 Å². The van der Waals surface area contributed by atoms with Crippen LogP contribution >= 0.6 is 35.0 Å². The summed E-state index contributed by atoms with van der Waals surface area (Å²) in [6, 6.07) is 10.2. The van der Waals surface area contributed by atoms with Crippen molar-refractivity contribution in [2.75, 3.05) is 20.8 Å². The number of ether oxygens (including phenoxy) is 3. The number of thioether (sulfide) groups is 1. The topological polar surface area (TPSA) is 69.2 Å². The molecule has 170 valence electrons. The SMILES string of the molecule is CCOC(=O)C1=C(C)NC(SCc2ccc(Cl)cc2Cl)=N[C@@H]1c1ccc(OC)cc1OC. The second-order valence-electron chi connectivity index (χ2n) is 6.85. The third-order valence-electron chi connectivity index (χ3n) is 4.83. The third-order valence-corrected chi connectivity index (χ3v) is 6.35. The summed E-state index contributed by atoms with van der Waals surface area (Å²) in [5.41, 5.74) is 2.78. The van der Waals surface area contributed by atoms with Gasteiger partial charge in [0.05, 0.1) is 26.4 Å². The highest BCUT2D eigenvalue weighted by Crippen LogP contribution is 2.39. The van der Waals surface area contributed by atoms with Gasteiger partial charge in [0.25, 0.3) is 0 Å². The highest BCUT2D eigenvalue weighted by atomic mass is 35.5. The number of hydrogen-bond donors (Lipinski definition) is 1. The summed E-state index contributed by atoms with van der Waals surface area (Å²) in [4.78, 5) is 17.6. The number of nitrogens with zero attached hydrogens (tertiary/aromatic N) is 1. The molecular formula is C23H24Cl2N2O4S. The third kappa shape index (κ3) is 5.52. The maximum atomic E-state index is 12.8. The van der Waals surface area contributed by atoms with Crippen LogP contribution in [0.3, 0.4) is 0 Å². The Hall–Kier alpha value is -2.35. The molecule has 3 rings (SSSR count). The van der Waals surface area contributed by atoms with E-state index in [1.807, 2.05) is 25.1 Å². The second kappa shape index (κ2) is 11.0. The first-order chi connectivity index (χ1) is 15.4. The van der Waals surface area contributed by atoms with Crippen LogP contribution in [0, 0.1) is 0 Å². The quantitative estimate of drug-likeness (QED) is 0.491. The maximum Gasteiger partial charge on any atom is 0.338 e. The van der Waals surface area contributed by atoms with Gasteiger partial charge in [0.2, 0.25) is 0 Å². The standard InChI is InChI=1S/C23H24Cl2N2O4S/c1-5-31-22(28)20-13(2)26-23(32-12-14-6-7-15(24)10-18(14)25)27-21(20)17-9-8-16(29-3)11-19(17)30-4/h6-11,21H,5,12H2,1-4H3,(H,26,27)/t21-/m1/s1. The van der Waals surface area contributed by atoms with Crippen LogP contribution in [-0.2, 0) is 15.3 Å². The number of halogens is 2. The Morgan fingerprint density at radius 3 is 2.59 bits per heavy atom. The summed E-state index contributed by atoms with van der Waals surface area (Å²) in [5.74, 6) is 1.37. The van der Waals surface area contributed by atoms with Crippen LogP contribution in [0.5, 0.6) is 11.5 Å². The fourth-order valence-electron chi connectivity index (χ4n) is 3.25. The normalized spacial score (nSPS) is 15.7. The maximum absolute atomic E-state index is 12.8. The first kappa shape index (κ1) is 24.3. The van der Waals surface area contributed by atoms with Crippen molar-refractivity contribution in [3.8, 4) is 11.5 Å². The van der Waals surface area contributed by atoms with Gasteiger partial charge < -0.3 is 19.5 Å². The Labute approximate surface area is 201 Å². The van der Waals surface area contributed by atoms with Crippen molar-refractivity contribution in [3.05, 3.63) is 68.8 Å². The van der Waals surface area contributed by atoms with Gasteiger partial charge in [-0.2, -0.15) is 0 Å². The molecule has 1 N–H and O–H groups in total. The van der Waals surface area contributed by atoms with E-state index in [1.165, 1.54) is 11.8 Å². The van der Waals surface area contributed by atoms with E-state index in [-0.39, 0.29) is 6.61 Å². The summed E-state index contributed by atoms with van der Waals surface area (Å²) < 4.78 is 16.2. The summed E-state index contributed by atoms with van der Waals surface area (Å²) >= 11 is 13.8. The average Bonchev–Trinajstić information content (AvgIpc) is 2.77. The number of esters is 1. The van der Waals surface area contributed by atoms with E-state index >= 15 is 0 Å². The van der Waals surface area contributed by atoms with Crippen LogP contribution < -0.4 is 14.8 Å². The van der Waals surface area contributed by atoms with Gasteiger partial charge in [0.1, 0.15) is 17.5 Å². The number of aliphatic imine (C=N–C) groups is 1. The number of benzene rings is 2. The molecule has 0 unspecified atom stereocenters. The molecule has 0 saturated carbocycles. The van der Waals surface area contributed by atoms with Crippen LogP contribution in [0.25, 0.3) is 0 Å². The molecule has 1 atom stereocenters. The number of methoxy groups -OCH3 is 2. The molecule has 0 aliphatic carbocycles. The molecular weight excluding hydrogens is 471 g/mol. The minimum Gasteiger partial charge on any atom is -0.497 e. The van der Waals surface area contributed by atoms with Crippen molar-refractivity contribution in [1.82, 2.24) is 5.32 Å². The molecule has 2 aromatic carbocycles. The molecule has 1 aliphatic rings. The van der Waals surface area contributed by atoms with Crippen molar-refractivity contribution in [3.63, 3.8) is 0 Å². The Kier molecular flexibility index (Phi) is 8.34. The lowest BCUT2D eigenvalue weighted by atomic mass is 9.95. The van der Waals surface area contributed by atoms with E-state index in [0.717, 1.165) is 11.1 Å². The Bertz CT molecular complexity index is 1070. The number of amidine groups is 1.